The van der Waals surface area contributed by atoms with E-state index in [9.17, 15) is 29.4 Å². The van der Waals surface area contributed by atoms with Crippen LogP contribution < -0.4 is 18.9 Å². The number of esters is 2. The summed E-state index contributed by atoms with van der Waals surface area (Å²) in [6, 6.07) is 7.24. The fourth-order valence-electron chi connectivity index (χ4n) is 14.3. The highest BCUT2D eigenvalue weighted by molar-refractivity contribution is 5.91. The van der Waals surface area contributed by atoms with Crippen LogP contribution in [0, 0.1) is 30.6 Å². The molecular formula is C49H58N2O10. The lowest BCUT2D eigenvalue weighted by molar-refractivity contribution is -0.186. The molecule has 12 heteroatoms. The number of hydrogen-bond donors (Lipinski definition) is 2. The van der Waals surface area contributed by atoms with E-state index in [1.807, 2.05) is 19.1 Å². The molecule has 5 saturated carbocycles. The zero-order valence-corrected chi connectivity index (χ0v) is 35.6. The van der Waals surface area contributed by atoms with Gasteiger partial charge >= 0.3 is 11.9 Å². The van der Waals surface area contributed by atoms with Gasteiger partial charge in [-0.2, -0.15) is 0 Å². The molecule has 0 amide bonds. The second-order valence-electron chi connectivity index (χ2n) is 21.0. The van der Waals surface area contributed by atoms with E-state index in [0.717, 1.165) is 41.9 Å². The molecule has 324 valence electrons. The summed E-state index contributed by atoms with van der Waals surface area (Å²) in [4.78, 5) is 59.8. The van der Waals surface area contributed by atoms with E-state index in [2.05, 4.69) is 23.6 Å². The first-order valence-corrected chi connectivity index (χ1v) is 23.4. The molecule has 4 aliphatic heterocycles. The predicted octanol–water partition coefficient (Wildman–Crippen LogP) is 5.56. The van der Waals surface area contributed by atoms with Crippen LogP contribution in [0.5, 0.6) is 23.0 Å². The Balaban J connectivity index is 0.754. The minimum absolute atomic E-state index is 0.00735. The van der Waals surface area contributed by atoms with Crippen molar-refractivity contribution in [2.45, 2.75) is 163 Å². The van der Waals surface area contributed by atoms with Crippen molar-refractivity contribution in [2.75, 3.05) is 19.6 Å². The lowest BCUT2D eigenvalue weighted by Gasteiger charge is -2.59. The maximum Gasteiger partial charge on any atom is 0.314 e. The third-order valence-electron chi connectivity index (χ3n) is 18.0. The molecule has 2 aromatic carbocycles. The van der Waals surface area contributed by atoms with Crippen LogP contribution in [0.4, 0.5) is 0 Å². The van der Waals surface area contributed by atoms with Crippen LogP contribution in [0.1, 0.15) is 132 Å². The molecule has 61 heavy (non-hydrogen) atoms. The predicted molar refractivity (Wildman–Crippen MR) is 220 cm³/mol. The molecule has 12 nitrogen and oxygen atoms in total. The van der Waals surface area contributed by atoms with Crippen molar-refractivity contribution in [2.24, 2.45) is 23.7 Å². The van der Waals surface area contributed by atoms with Crippen molar-refractivity contribution in [1.29, 1.82) is 0 Å². The average molecular weight is 835 g/mol. The number of likely N-dealkylation sites (tertiary alicyclic amines) is 2. The summed E-state index contributed by atoms with van der Waals surface area (Å²) in [6.07, 6.45) is 7.40. The van der Waals surface area contributed by atoms with E-state index >= 15 is 0 Å². The number of ketones is 2. The number of Topliss-reactive ketones (excluding diaryl/α,β-unsaturated/α-hetero) is 2. The smallest absolute Gasteiger partial charge is 0.314 e. The second kappa shape index (κ2) is 13.1. The molecule has 2 N–H and O–H groups in total. The minimum Gasteiger partial charge on any atom is -0.477 e. The highest BCUT2D eigenvalue weighted by Crippen LogP contribution is 2.70. The second-order valence-corrected chi connectivity index (χ2v) is 21.0. The SMILES string of the molecule is Cc1ccc(OC(=O)C2CCC(C(=O)Oc3ccc4c5c3O[C@H]3C(=O)CC[C@@]6(O)C(C)N(CC7CC7)C4C[C@]536)CC2)c2c1[C@]13CCN(CC4CC4)C(C)[C@]1(O)CCC(=O)[C@@H]3O2. The molecule has 0 radical (unpaired) electrons. The molecule has 4 heterocycles. The Kier molecular flexibility index (Phi) is 8.34. The van der Waals surface area contributed by atoms with Gasteiger partial charge in [0.2, 0.25) is 0 Å². The van der Waals surface area contributed by atoms with Crippen molar-refractivity contribution in [3.05, 3.63) is 46.5 Å². The lowest BCUT2D eigenvalue weighted by atomic mass is 9.52. The van der Waals surface area contributed by atoms with Gasteiger partial charge in [0, 0.05) is 55.2 Å². The molecule has 6 aliphatic carbocycles. The fourth-order valence-corrected chi connectivity index (χ4v) is 14.3. The zero-order chi connectivity index (χ0) is 42.0. The Morgan fingerprint density at radius 2 is 1.25 bits per heavy atom. The number of benzene rings is 2. The average Bonchev–Trinajstić information content (AvgIpc) is 4.17. The summed E-state index contributed by atoms with van der Waals surface area (Å²) in [6.45, 7) is 8.82. The van der Waals surface area contributed by atoms with E-state index in [1.54, 1.807) is 12.1 Å². The highest BCUT2D eigenvalue weighted by atomic mass is 16.6. The third kappa shape index (κ3) is 5.13. The number of rotatable bonds is 8. The molecule has 0 aromatic heterocycles. The summed E-state index contributed by atoms with van der Waals surface area (Å²) in [7, 11) is 0. The third-order valence-corrected chi connectivity index (χ3v) is 18.0. The minimum atomic E-state index is -1.18. The van der Waals surface area contributed by atoms with Gasteiger partial charge in [0.1, 0.15) is 0 Å². The number of nitrogens with zero attached hydrogens (tertiary/aromatic N) is 2. The summed E-state index contributed by atoms with van der Waals surface area (Å²) >= 11 is 0. The molecule has 10 aliphatic rings. The lowest BCUT2D eigenvalue weighted by Crippen LogP contribution is -2.74. The molecule has 2 spiro atoms. The van der Waals surface area contributed by atoms with Crippen LogP contribution in [0.25, 0.3) is 0 Å². The number of hydrogen-bond acceptors (Lipinski definition) is 12. The molecule has 2 bridgehead atoms. The number of aliphatic hydroxyl groups is 2. The van der Waals surface area contributed by atoms with Crippen LogP contribution in [0.3, 0.4) is 0 Å². The van der Waals surface area contributed by atoms with E-state index in [-0.39, 0.29) is 48.3 Å². The Bertz CT molecular complexity index is 2280. The van der Waals surface area contributed by atoms with Gasteiger partial charge in [0.05, 0.1) is 33.9 Å². The van der Waals surface area contributed by atoms with Crippen LogP contribution in [0.15, 0.2) is 24.3 Å². The largest absolute Gasteiger partial charge is 0.477 e. The Labute approximate surface area is 356 Å². The van der Waals surface area contributed by atoms with Crippen molar-refractivity contribution in [3.63, 3.8) is 0 Å². The molecule has 12 rings (SSSR count). The normalized spacial score (nSPS) is 40.6. The standard InChI is InChI=1S/C49H58N2O10/c1-25-4-14-36(40-38(25)46-20-21-50(23-28-5-6-28)26(2)48(46,56)18-16-34(52)42(46)60-40)58-44(54)30-9-11-31(12-10-30)45(55)59-37-15-13-32-33-22-47-39(32)41(37)61-43(47)35(53)17-19-49(47,57)27(3)51(33)24-29-7-8-29/h4,13-15,26-31,33,42-43,56-57H,5-12,16-24H2,1-3H3/t26?,27?,30?,31?,33?,42-,43-,46-,47-,48+,49+/m0/s1. The van der Waals surface area contributed by atoms with Gasteiger partial charge in [-0.3, -0.25) is 29.0 Å². The summed E-state index contributed by atoms with van der Waals surface area (Å²) in [5, 5.41) is 25.3. The van der Waals surface area contributed by atoms with Crippen LogP contribution in [-0.4, -0.2) is 98.6 Å². The van der Waals surface area contributed by atoms with E-state index in [0.29, 0.717) is 80.5 Å². The van der Waals surface area contributed by atoms with Crippen LogP contribution in [0.2, 0.25) is 0 Å². The Morgan fingerprint density at radius 1 is 0.705 bits per heavy atom. The van der Waals surface area contributed by atoms with E-state index < -0.39 is 58.0 Å². The zero-order valence-electron chi connectivity index (χ0n) is 35.6. The van der Waals surface area contributed by atoms with Crippen LogP contribution >= 0.6 is 0 Å². The quantitative estimate of drug-likeness (QED) is 0.253. The fraction of sp³-hybridized carbons (Fsp3) is 0.673. The van der Waals surface area contributed by atoms with E-state index in [4.69, 9.17) is 18.9 Å². The maximum absolute atomic E-state index is 13.9. The summed E-state index contributed by atoms with van der Waals surface area (Å²) in [5.41, 5.74) is -0.471. The number of aryl methyl sites for hydroxylation is 1. The first-order chi connectivity index (χ1) is 29.3. The molecule has 7 fully saturated rings. The monoisotopic (exact) mass is 834 g/mol. The van der Waals surface area contributed by atoms with Gasteiger partial charge in [0.25, 0.3) is 0 Å². The maximum atomic E-state index is 13.9. The molecule has 9 atom stereocenters. The molecule has 3 unspecified atom stereocenters. The van der Waals surface area contributed by atoms with Gasteiger partial charge in [0.15, 0.2) is 46.8 Å². The molecule has 2 saturated heterocycles. The van der Waals surface area contributed by atoms with Crippen molar-refractivity contribution >= 4 is 23.5 Å². The van der Waals surface area contributed by atoms with Crippen LogP contribution in [-0.2, 0) is 30.0 Å². The molecule has 2 aromatic rings. The number of carbonyl (C=O) groups is 4. The van der Waals surface area contributed by atoms with Gasteiger partial charge in [-0.05, 0) is 139 Å². The Hall–Kier alpha value is -3.84. The van der Waals surface area contributed by atoms with Gasteiger partial charge in [-0.15, -0.1) is 0 Å². The van der Waals surface area contributed by atoms with Crippen molar-refractivity contribution < 1.29 is 48.3 Å². The number of piperidine rings is 2. The van der Waals surface area contributed by atoms with Gasteiger partial charge in [-0.25, -0.2) is 0 Å². The number of ether oxygens (including phenoxy) is 4. The van der Waals surface area contributed by atoms with Gasteiger partial charge in [-0.1, -0.05) is 12.1 Å². The van der Waals surface area contributed by atoms with Crippen molar-refractivity contribution in [3.8, 4) is 23.0 Å². The highest BCUT2D eigenvalue weighted by Gasteiger charge is 2.76. The summed E-state index contributed by atoms with van der Waals surface area (Å²) in [5.74, 6) is 0.978. The number of carbonyl (C=O) groups excluding carboxylic acids is 4. The Morgan fingerprint density at radius 3 is 1.85 bits per heavy atom. The first kappa shape index (κ1) is 38.8. The van der Waals surface area contributed by atoms with Crippen molar-refractivity contribution in [1.82, 2.24) is 9.80 Å². The number of fused-ring (bicyclic) bond motifs is 3. The molecular weight excluding hydrogens is 777 g/mol. The topological polar surface area (TPSA) is 152 Å². The summed E-state index contributed by atoms with van der Waals surface area (Å²) < 4.78 is 25.4. The van der Waals surface area contributed by atoms with E-state index in [1.165, 1.54) is 25.7 Å². The first-order valence-electron chi connectivity index (χ1n) is 23.4. The van der Waals surface area contributed by atoms with Gasteiger partial charge < -0.3 is 29.2 Å².